The molecular formula is C19H24N2O2S. The van der Waals surface area contributed by atoms with Gasteiger partial charge in [-0.15, -0.1) is 11.3 Å². The molecule has 0 spiro atoms. The van der Waals surface area contributed by atoms with Crippen LogP contribution in [0.3, 0.4) is 0 Å². The third-order valence-corrected chi connectivity index (χ3v) is 5.53. The molecule has 24 heavy (non-hydrogen) atoms. The van der Waals surface area contributed by atoms with Crippen LogP contribution in [0.1, 0.15) is 38.2 Å². The predicted octanol–water partition coefficient (Wildman–Crippen LogP) is 3.95. The fourth-order valence-corrected chi connectivity index (χ4v) is 3.64. The zero-order chi connectivity index (χ0) is 17.9. The lowest BCUT2D eigenvalue weighted by Crippen LogP contribution is -2.34. The van der Waals surface area contributed by atoms with Crippen molar-refractivity contribution in [2.75, 3.05) is 18.9 Å². The quantitative estimate of drug-likeness (QED) is 0.893. The van der Waals surface area contributed by atoms with Crippen molar-refractivity contribution in [3.8, 4) is 0 Å². The molecule has 0 fully saturated rings. The molecule has 1 N–H and O–H groups in total. The largest absolute Gasteiger partial charge is 0.332 e. The summed E-state index contributed by atoms with van der Waals surface area (Å²) in [4.78, 5) is 28.1. The van der Waals surface area contributed by atoms with E-state index in [1.54, 1.807) is 7.05 Å². The van der Waals surface area contributed by atoms with Crippen LogP contribution in [-0.2, 0) is 11.2 Å². The average molecular weight is 344 g/mol. The third kappa shape index (κ3) is 4.03. The molecule has 1 aromatic carbocycles. The van der Waals surface area contributed by atoms with Gasteiger partial charge in [0.25, 0.3) is 5.91 Å². The van der Waals surface area contributed by atoms with Crippen LogP contribution in [0.4, 0.5) is 5.69 Å². The molecule has 128 valence electrons. The number of nitrogens with zero attached hydrogens (tertiary/aromatic N) is 1. The molecule has 0 aliphatic heterocycles. The van der Waals surface area contributed by atoms with Gasteiger partial charge in [-0.05, 0) is 56.0 Å². The van der Waals surface area contributed by atoms with Crippen LogP contribution in [0, 0.1) is 20.8 Å². The summed E-state index contributed by atoms with van der Waals surface area (Å²) in [5.41, 5.74) is 4.10. The van der Waals surface area contributed by atoms with E-state index in [-0.39, 0.29) is 18.4 Å². The van der Waals surface area contributed by atoms with Gasteiger partial charge in [-0.2, -0.15) is 0 Å². The standard InChI is InChI=1S/C19H24N2O2S/c1-6-16-13(3)10-17(24-16)19(23)21(5)11-18(22)20-15-9-7-8-12(2)14(15)4/h7-10H,6,11H2,1-5H3,(H,20,22). The second-order valence-electron chi connectivity index (χ2n) is 6.03. The Morgan fingerprint density at radius 1 is 1.17 bits per heavy atom. The number of nitrogens with one attached hydrogen (secondary N) is 1. The second kappa shape index (κ2) is 7.62. The number of hydrogen-bond acceptors (Lipinski definition) is 3. The molecule has 2 aromatic rings. The highest BCUT2D eigenvalue weighted by Gasteiger charge is 2.18. The van der Waals surface area contributed by atoms with Crippen molar-refractivity contribution in [1.29, 1.82) is 0 Å². The van der Waals surface area contributed by atoms with Gasteiger partial charge < -0.3 is 10.2 Å². The summed E-state index contributed by atoms with van der Waals surface area (Å²) in [6, 6.07) is 7.70. The Morgan fingerprint density at radius 3 is 2.50 bits per heavy atom. The maximum Gasteiger partial charge on any atom is 0.264 e. The molecule has 0 saturated heterocycles. The van der Waals surface area contributed by atoms with E-state index in [1.165, 1.54) is 21.1 Å². The van der Waals surface area contributed by atoms with Crippen LogP contribution in [0.5, 0.6) is 0 Å². The number of thiophene rings is 1. The van der Waals surface area contributed by atoms with Gasteiger partial charge >= 0.3 is 0 Å². The van der Waals surface area contributed by atoms with Crippen molar-refractivity contribution in [3.63, 3.8) is 0 Å². The van der Waals surface area contributed by atoms with Crippen molar-refractivity contribution >= 4 is 28.8 Å². The molecular weight excluding hydrogens is 320 g/mol. The summed E-state index contributed by atoms with van der Waals surface area (Å²) in [5, 5.41) is 2.89. The zero-order valence-corrected chi connectivity index (χ0v) is 15.7. The number of likely N-dealkylation sites (N-methyl/N-ethyl adjacent to an activating group) is 1. The highest BCUT2D eigenvalue weighted by Crippen LogP contribution is 2.23. The maximum atomic E-state index is 12.5. The summed E-state index contributed by atoms with van der Waals surface area (Å²) in [5.74, 6) is -0.303. The topological polar surface area (TPSA) is 49.4 Å². The third-order valence-electron chi connectivity index (χ3n) is 4.16. The first kappa shape index (κ1) is 18.2. The number of anilines is 1. The molecule has 4 nitrogen and oxygen atoms in total. The number of rotatable bonds is 5. The Morgan fingerprint density at radius 2 is 1.88 bits per heavy atom. The van der Waals surface area contributed by atoms with Gasteiger partial charge in [0.05, 0.1) is 11.4 Å². The van der Waals surface area contributed by atoms with Gasteiger partial charge in [0.15, 0.2) is 0 Å². The van der Waals surface area contributed by atoms with Crippen molar-refractivity contribution in [2.45, 2.75) is 34.1 Å². The molecule has 2 amide bonds. The van der Waals surface area contributed by atoms with E-state index in [0.717, 1.165) is 28.8 Å². The minimum atomic E-state index is -0.191. The van der Waals surface area contributed by atoms with E-state index in [2.05, 4.69) is 12.2 Å². The molecule has 1 aromatic heterocycles. The van der Waals surface area contributed by atoms with Crippen molar-refractivity contribution in [2.24, 2.45) is 0 Å². The summed E-state index contributed by atoms with van der Waals surface area (Å²) < 4.78 is 0. The predicted molar refractivity (Wildman–Crippen MR) is 99.9 cm³/mol. The Balaban J connectivity index is 2.02. The molecule has 0 aliphatic carbocycles. The van der Waals surface area contributed by atoms with Crippen LogP contribution < -0.4 is 5.32 Å². The highest BCUT2D eigenvalue weighted by molar-refractivity contribution is 7.14. The Bertz CT molecular complexity index is 765. The first-order chi connectivity index (χ1) is 11.3. The van der Waals surface area contributed by atoms with E-state index in [0.29, 0.717) is 4.88 Å². The average Bonchev–Trinajstić information content (AvgIpc) is 2.92. The normalized spacial score (nSPS) is 10.5. The molecule has 1 heterocycles. The number of benzene rings is 1. The number of carbonyl (C=O) groups is 2. The summed E-state index contributed by atoms with van der Waals surface area (Å²) in [6.07, 6.45) is 0.917. The lowest BCUT2D eigenvalue weighted by molar-refractivity contribution is -0.116. The van der Waals surface area contributed by atoms with Gasteiger partial charge in [0.1, 0.15) is 0 Å². The van der Waals surface area contributed by atoms with E-state index in [4.69, 9.17) is 0 Å². The molecule has 0 radical (unpaired) electrons. The fourth-order valence-electron chi connectivity index (χ4n) is 2.53. The monoisotopic (exact) mass is 344 g/mol. The summed E-state index contributed by atoms with van der Waals surface area (Å²) >= 11 is 1.51. The summed E-state index contributed by atoms with van der Waals surface area (Å²) in [7, 11) is 1.66. The van der Waals surface area contributed by atoms with Gasteiger partial charge in [-0.25, -0.2) is 0 Å². The number of hydrogen-bond donors (Lipinski definition) is 1. The smallest absolute Gasteiger partial charge is 0.264 e. The van der Waals surface area contributed by atoms with Crippen LogP contribution >= 0.6 is 11.3 Å². The number of aryl methyl sites for hydroxylation is 3. The van der Waals surface area contributed by atoms with Gasteiger partial charge in [0, 0.05) is 17.6 Å². The number of amides is 2. The second-order valence-corrected chi connectivity index (χ2v) is 7.16. The molecule has 0 bridgehead atoms. The Hall–Kier alpha value is -2.14. The molecule has 0 atom stereocenters. The maximum absolute atomic E-state index is 12.5. The molecule has 0 aliphatic rings. The Labute approximate surface area is 147 Å². The Kier molecular flexibility index (Phi) is 5.78. The van der Waals surface area contributed by atoms with Gasteiger partial charge in [-0.3, -0.25) is 9.59 Å². The van der Waals surface area contributed by atoms with Gasteiger partial charge in [-0.1, -0.05) is 19.1 Å². The molecule has 2 rings (SSSR count). The minimum absolute atomic E-state index is 0.0324. The molecule has 0 saturated carbocycles. The first-order valence-corrected chi connectivity index (χ1v) is 8.86. The molecule has 0 unspecified atom stereocenters. The van der Waals surface area contributed by atoms with Crippen LogP contribution in [0.15, 0.2) is 24.3 Å². The first-order valence-electron chi connectivity index (χ1n) is 8.04. The van der Waals surface area contributed by atoms with E-state index in [9.17, 15) is 9.59 Å². The van der Waals surface area contributed by atoms with Crippen molar-refractivity contribution in [3.05, 3.63) is 50.7 Å². The lowest BCUT2D eigenvalue weighted by atomic mass is 10.1. The van der Waals surface area contributed by atoms with Gasteiger partial charge in [0.2, 0.25) is 5.91 Å². The molecule has 5 heteroatoms. The van der Waals surface area contributed by atoms with Crippen LogP contribution in [0.2, 0.25) is 0 Å². The highest BCUT2D eigenvalue weighted by atomic mass is 32.1. The SMILES string of the molecule is CCc1sc(C(=O)N(C)CC(=O)Nc2cccc(C)c2C)cc1C. The van der Waals surface area contributed by atoms with E-state index >= 15 is 0 Å². The van der Waals surface area contributed by atoms with Crippen LogP contribution in [-0.4, -0.2) is 30.3 Å². The fraction of sp³-hybridized carbons (Fsp3) is 0.368. The summed E-state index contributed by atoms with van der Waals surface area (Å²) in [6.45, 7) is 8.10. The minimum Gasteiger partial charge on any atom is -0.332 e. The zero-order valence-electron chi connectivity index (χ0n) is 14.9. The lowest BCUT2D eigenvalue weighted by Gasteiger charge is -2.17. The van der Waals surface area contributed by atoms with Crippen molar-refractivity contribution < 1.29 is 9.59 Å². The van der Waals surface area contributed by atoms with E-state index in [1.807, 2.05) is 45.0 Å². The van der Waals surface area contributed by atoms with Crippen LogP contribution in [0.25, 0.3) is 0 Å². The van der Waals surface area contributed by atoms with E-state index < -0.39 is 0 Å². The van der Waals surface area contributed by atoms with Crippen molar-refractivity contribution in [1.82, 2.24) is 4.90 Å². The number of carbonyl (C=O) groups excluding carboxylic acids is 2.